The van der Waals surface area contributed by atoms with Gasteiger partial charge in [-0.2, -0.15) is 0 Å². The molecular formula is H6BiKLiNa. The summed E-state index contributed by atoms with van der Waals surface area (Å²) < 4.78 is 0. The molecule has 0 aliphatic heterocycles. The summed E-state index contributed by atoms with van der Waals surface area (Å²) in [5.41, 5.74) is 0. The van der Waals surface area contributed by atoms with Crippen LogP contribution in [0.4, 0.5) is 0 Å². The van der Waals surface area contributed by atoms with Crippen molar-refractivity contribution in [1.82, 2.24) is 0 Å². The van der Waals surface area contributed by atoms with Crippen LogP contribution in [0.25, 0.3) is 0 Å². The van der Waals surface area contributed by atoms with Crippen LogP contribution in [0.3, 0.4) is 0 Å². The van der Waals surface area contributed by atoms with E-state index in [-0.39, 0.29) is 126 Å². The van der Waals surface area contributed by atoms with Crippen molar-refractivity contribution in [3.63, 3.8) is 0 Å². The van der Waals surface area contributed by atoms with Crippen molar-refractivity contribution < 1.29 is 0 Å². The van der Waals surface area contributed by atoms with Gasteiger partial charge < -0.3 is 0 Å². The van der Waals surface area contributed by atoms with Gasteiger partial charge in [0.1, 0.15) is 0 Å². The van der Waals surface area contributed by atoms with Crippen molar-refractivity contribution in [2.75, 3.05) is 0 Å². The number of hydrogen-bond donors (Lipinski definition) is 0. The predicted molar refractivity (Wildman–Crippen MR) is 31.4 cm³/mol. The van der Waals surface area contributed by atoms with Crippen LogP contribution in [0, 0.1) is 0 Å². The van der Waals surface area contributed by atoms with Crippen molar-refractivity contribution >= 4 is 126 Å². The summed E-state index contributed by atoms with van der Waals surface area (Å²) in [4.78, 5) is 0. The van der Waals surface area contributed by atoms with Crippen molar-refractivity contribution in [1.29, 1.82) is 0 Å². The minimum absolute atomic E-state index is 0. The van der Waals surface area contributed by atoms with E-state index in [9.17, 15) is 0 Å². The molecule has 0 rings (SSSR count). The molecule has 0 aromatic carbocycles. The van der Waals surface area contributed by atoms with E-state index in [4.69, 9.17) is 0 Å². The first-order valence-electron chi connectivity index (χ1n) is 0. The van der Waals surface area contributed by atoms with Gasteiger partial charge in [-0.05, 0) is 0 Å². The van der Waals surface area contributed by atoms with Gasteiger partial charge in [0.15, 0.2) is 0 Å². The van der Waals surface area contributed by atoms with E-state index in [1.165, 1.54) is 0 Å². The molecule has 0 amide bonds. The fourth-order valence-electron chi connectivity index (χ4n) is 0. The Morgan fingerprint density at radius 2 is 1.00 bits per heavy atom. The summed E-state index contributed by atoms with van der Waals surface area (Å²) >= 11 is 0. The topological polar surface area (TPSA) is 0 Å². The molecule has 0 aliphatic rings. The molecule has 0 fully saturated rings. The zero-order valence-electron chi connectivity index (χ0n) is 0.707. The van der Waals surface area contributed by atoms with Crippen LogP contribution < -0.4 is 0 Å². The van der Waals surface area contributed by atoms with Gasteiger partial charge in [0.25, 0.3) is 0 Å². The third kappa shape index (κ3) is 9.45. The Kier molecular flexibility index (Phi) is 95.3. The van der Waals surface area contributed by atoms with E-state index in [0.717, 1.165) is 0 Å². The van der Waals surface area contributed by atoms with Crippen LogP contribution in [-0.2, 0) is 0 Å². The average Bonchev–Trinajstić information content (AvgIpc) is 0. The first kappa shape index (κ1) is 24.3. The average molecular weight is 284 g/mol. The Labute approximate surface area is 122 Å². The molecule has 0 aromatic rings. The number of hydrogen-bond acceptors (Lipinski definition) is 0. The first-order chi connectivity index (χ1) is 0. The Morgan fingerprint density at radius 3 is 1.00 bits per heavy atom. The number of rotatable bonds is 0. The maximum absolute atomic E-state index is 0. The zero-order valence-corrected chi connectivity index (χ0v) is 6.20. The van der Waals surface area contributed by atoms with Crippen LogP contribution in [0.1, 0.15) is 0 Å². The Balaban J connectivity index is 0. The summed E-state index contributed by atoms with van der Waals surface area (Å²) in [5, 5.41) is 0. The molecule has 0 unspecified atom stereocenters. The molecule has 0 saturated heterocycles. The minimum atomic E-state index is 0. The Bertz CT molecular complexity index is 8.00. The van der Waals surface area contributed by atoms with Gasteiger partial charge in [-0.25, -0.2) is 0 Å². The summed E-state index contributed by atoms with van der Waals surface area (Å²) in [5.74, 6) is 0. The molecule has 0 radical (unpaired) electrons. The first-order valence-corrected chi connectivity index (χ1v) is 0. The van der Waals surface area contributed by atoms with Crippen LogP contribution in [-0.4, -0.2) is 126 Å². The Hall–Kier alpha value is 4.12. The molecule has 0 nitrogen and oxygen atoms in total. The van der Waals surface area contributed by atoms with E-state index in [1.54, 1.807) is 0 Å². The van der Waals surface area contributed by atoms with Gasteiger partial charge >= 0.3 is 126 Å². The Morgan fingerprint density at radius 1 is 1.00 bits per heavy atom. The van der Waals surface area contributed by atoms with E-state index in [0.29, 0.717) is 0 Å². The quantitative estimate of drug-likeness (QED) is 0.413. The third-order valence-electron chi connectivity index (χ3n) is 0. The summed E-state index contributed by atoms with van der Waals surface area (Å²) in [6, 6.07) is 0. The van der Waals surface area contributed by atoms with Gasteiger partial charge in [0.05, 0.1) is 0 Å². The maximum atomic E-state index is 0. The van der Waals surface area contributed by atoms with Gasteiger partial charge in [-0.1, -0.05) is 0 Å². The van der Waals surface area contributed by atoms with E-state index < -0.39 is 0 Å². The van der Waals surface area contributed by atoms with Crippen LogP contribution >= 0.6 is 0 Å². The van der Waals surface area contributed by atoms with Gasteiger partial charge in [0.2, 0.25) is 0 Å². The predicted octanol–water partition coefficient (Wildman–Crippen LogP) is -3.13. The van der Waals surface area contributed by atoms with Crippen LogP contribution in [0.15, 0.2) is 0 Å². The molecule has 4 heteroatoms. The molecule has 14 valence electrons. The molecule has 0 bridgehead atoms. The van der Waals surface area contributed by atoms with Gasteiger partial charge in [-0.15, -0.1) is 0 Å². The van der Waals surface area contributed by atoms with Crippen molar-refractivity contribution in [2.24, 2.45) is 0 Å². The molecule has 0 spiro atoms. The molecule has 0 aliphatic carbocycles. The molecule has 0 aromatic heterocycles. The summed E-state index contributed by atoms with van der Waals surface area (Å²) in [6.07, 6.45) is 0. The third-order valence-corrected chi connectivity index (χ3v) is 0. The van der Waals surface area contributed by atoms with Crippen molar-refractivity contribution in [3.8, 4) is 0 Å². The van der Waals surface area contributed by atoms with E-state index in [1.807, 2.05) is 0 Å². The molecule has 0 saturated carbocycles. The van der Waals surface area contributed by atoms with E-state index >= 15 is 0 Å². The molecule has 0 N–H and O–H groups in total. The molecule has 0 heterocycles. The molecular weight excluding hydrogens is 278 g/mol. The SMILES string of the molecule is [BiH3].[KH].[LiH].[NaH]. The van der Waals surface area contributed by atoms with Gasteiger partial charge in [0, 0.05) is 0 Å². The zero-order chi connectivity index (χ0) is 0. The molecule has 4 heavy (non-hydrogen) atoms. The fraction of sp³-hybridized carbons (Fsp3) is 0. The second kappa shape index (κ2) is 15.7. The van der Waals surface area contributed by atoms with E-state index in [2.05, 4.69) is 0 Å². The second-order valence-electron chi connectivity index (χ2n) is 0. The summed E-state index contributed by atoms with van der Waals surface area (Å²) in [6.45, 7) is 0. The normalized spacial score (nSPS) is 0. The fourth-order valence-corrected chi connectivity index (χ4v) is 0. The van der Waals surface area contributed by atoms with Gasteiger partial charge in [-0.3, -0.25) is 0 Å². The van der Waals surface area contributed by atoms with Crippen molar-refractivity contribution in [2.45, 2.75) is 0 Å². The monoisotopic (exact) mass is 284 g/mol. The van der Waals surface area contributed by atoms with Crippen LogP contribution in [0.2, 0.25) is 0 Å². The van der Waals surface area contributed by atoms with Crippen molar-refractivity contribution in [3.05, 3.63) is 0 Å². The second-order valence-corrected chi connectivity index (χ2v) is 0. The standard InChI is InChI=1S/Bi.K.Li.Na.6H. The van der Waals surface area contributed by atoms with Crippen LogP contribution in [0.5, 0.6) is 0 Å². The molecule has 0 atom stereocenters. The summed E-state index contributed by atoms with van der Waals surface area (Å²) in [7, 11) is 0.